The number of anilines is 1. The first-order valence-electron chi connectivity index (χ1n) is 13.2. The molecule has 4 aromatic carbocycles. The fourth-order valence-electron chi connectivity index (χ4n) is 4.42. The van der Waals surface area contributed by atoms with E-state index in [0.29, 0.717) is 11.1 Å². The van der Waals surface area contributed by atoms with Gasteiger partial charge >= 0.3 is 6.18 Å². The molecule has 0 aliphatic heterocycles. The molecule has 0 bridgehead atoms. The van der Waals surface area contributed by atoms with Gasteiger partial charge in [0.2, 0.25) is 5.82 Å². The molecule has 0 fully saturated rings. The average molecular weight is 579 g/mol. The monoisotopic (exact) mass is 578 g/mol. The average Bonchev–Trinajstić information content (AvgIpc) is 3.39. The van der Waals surface area contributed by atoms with Gasteiger partial charge in [-0.15, -0.1) is 0 Å². The van der Waals surface area contributed by atoms with Crippen LogP contribution >= 0.6 is 0 Å². The van der Waals surface area contributed by atoms with E-state index in [0.717, 1.165) is 28.8 Å². The molecular formula is C34H25F3N4O2. The van der Waals surface area contributed by atoms with E-state index in [2.05, 4.69) is 27.5 Å². The van der Waals surface area contributed by atoms with Crippen molar-refractivity contribution in [3.05, 3.63) is 132 Å². The van der Waals surface area contributed by atoms with Gasteiger partial charge in [-0.05, 0) is 52.6 Å². The number of alkyl halides is 3. The largest absolute Gasteiger partial charge is 0.416 e. The van der Waals surface area contributed by atoms with Crippen LogP contribution in [0.4, 0.5) is 19.0 Å². The number of aryl methyl sites for hydroxylation is 1. The molecule has 1 aromatic heterocycles. The van der Waals surface area contributed by atoms with Gasteiger partial charge in [-0.1, -0.05) is 84.6 Å². The Morgan fingerprint density at radius 3 is 2.12 bits per heavy atom. The number of hydrogen-bond acceptors (Lipinski definition) is 3. The zero-order valence-electron chi connectivity index (χ0n) is 22.9. The Balaban J connectivity index is 1.21. The summed E-state index contributed by atoms with van der Waals surface area (Å²) in [6, 6.07) is 28.9. The lowest BCUT2D eigenvalue weighted by molar-refractivity contribution is -0.137. The summed E-state index contributed by atoms with van der Waals surface area (Å²) in [4.78, 5) is 30.1. The molecule has 0 unspecified atom stereocenters. The normalized spacial score (nSPS) is 10.9. The van der Waals surface area contributed by atoms with Crippen LogP contribution in [-0.2, 0) is 13.2 Å². The van der Waals surface area contributed by atoms with Crippen LogP contribution in [0.2, 0.25) is 0 Å². The van der Waals surface area contributed by atoms with E-state index in [1.807, 2.05) is 54.6 Å². The second kappa shape index (κ2) is 12.5. The van der Waals surface area contributed by atoms with Gasteiger partial charge in [-0.3, -0.25) is 9.59 Å². The highest BCUT2D eigenvalue weighted by Crippen LogP contribution is 2.32. The predicted octanol–water partition coefficient (Wildman–Crippen LogP) is 6.81. The van der Waals surface area contributed by atoms with Crippen LogP contribution < -0.4 is 10.6 Å². The van der Waals surface area contributed by atoms with Crippen molar-refractivity contribution in [2.45, 2.75) is 6.18 Å². The number of halogens is 3. The molecule has 0 radical (unpaired) electrons. The summed E-state index contributed by atoms with van der Waals surface area (Å²) in [5, 5.41) is 5.37. The number of imidazole rings is 1. The summed E-state index contributed by atoms with van der Waals surface area (Å²) in [6.07, 6.45) is -2.96. The molecule has 6 nitrogen and oxygen atoms in total. The van der Waals surface area contributed by atoms with Gasteiger partial charge in [-0.25, -0.2) is 4.98 Å². The lowest BCUT2D eigenvalue weighted by atomic mass is 9.98. The zero-order valence-corrected chi connectivity index (χ0v) is 22.9. The molecule has 2 N–H and O–H groups in total. The summed E-state index contributed by atoms with van der Waals surface area (Å²) in [5.41, 5.74) is 3.38. The summed E-state index contributed by atoms with van der Waals surface area (Å²) in [7, 11) is 1.62. The topological polar surface area (TPSA) is 76.0 Å². The highest BCUT2D eigenvalue weighted by atomic mass is 19.4. The summed E-state index contributed by atoms with van der Waals surface area (Å²) < 4.78 is 40.4. The van der Waals surface area contributed by atoms with Crippen LogP contribution in [0.5, 0.6) is 0 Å². The van der Waals surface area contributed by atoms with Gasteiger partial charge in [0, 0.05) is 24.4 Å². The number of benzene rings is 4. The maximum atomic E-state index is 13.1. The van der Waals surface area contributed by atoms with Gasteiger partial charge in [0.25, 0.3) is 11.8 Å². The van der Waals surface area contributed by atoms with Crippen LogP contribution in [0.1, 0.15) is 32.1 Å². The molecule has 0 saturated heterocycles. The van der Waals surface area contributed by atoms with Crippen LogP contribution in [0.25, 0.3) is 22.3 Å². The Kier molecular flexibility index (Phi) is 8.39. The summed E-state index contributed by atoms with van der Waals surface area (Å²) >= 11 is 0. The SMILES string of the molecule is Cn1cc(NC(=O)c2ccccc2-c2ccc(C(F)(F)F)cc2)nc1C(=O)NCC#Cc1ccc(-c2ccccc2)cc1. The van der Waals surface area contributed by atoms with E-state index in [4.69, 9.17) is 0 Å². The highest BCUT2D eigenvalue weighted by molar-refractivity contribution is 6.08. The Morgan fingerprint density at radius 1 is 0.791 bits per heavy atom. The van der Waals surface area contributed by atoms with Crippen LogP contribution in [0, 0.1) is 11.8 Å². The number of aromatic nitrogens is 2. The van der Waals surface area contributed by atoms with E-state index in [1.165, 1.54) is 22.9 Å². The van der Waals surface area contributed by atoms with E-state index < -0.39 is 23.6 Å². The van der Waals surface area contributed by atoms with Crippen LogP contribution in [0.15, 0.2) is 109 Å². The van der Waals surface area contributed by atoms with Crippen LogP contribution in [0.3, 0.4) is 0 Å². The summed E-state index contributed by atoms with van der Waals surface area (Å²) in [5.74, 6) is 5.16. The molecule has 0 aliphatic rings. The lowest BCUT2D eigenvalue weighted by Gasteiger charge is -2.11. The summed E-state index contributed by atoms with van der Waals surface area (Å²) in [6.45, 7) is 0.0916. The Hall–Kier alpha value is -5.62. The number of rotatable bonds is 6. The minimum absolute atomic E-state index is 0.0698. The van der Waals surface area contributed by atoms with Crippen molar-refractivity contribution in [2.75, 3.05) is 11.9 Å². The van der Waals surface area contributed by atoms with E-state index >= 15 is 0 Å². The van der Waals surface area contributed by atoms with Crippen molar-refractivity contribution >= 4 is 17.6 Å². The minimum Gasteiger partial charge on any atom is -0.338 e. The number of nitrogens with one attached hydrogen (secondary N) is 2. The molecule has 0 spiro atoms. The fourth-order valence-corrected chi connectivity index (χ4v) is 4.42. The molecule has 1 heterocycles. The third kappa shape index (κ3) is 7.00. The van der Waals surface area contributed by atoms with Crippen molar-refractivity contribution in [2.24, 2.45) is 7.05 Å². The van der Waals surface area contributed by atoms with E-state index in [1.54, 1.807) is 31.3 Å². The van der Waals surface area contributed by atoms with E-state index in [9.17, 15) is 22.8 Å². The Labute approximate surface area is 246 Å². The third-order valence-electron chi connectivity index (χ3n) is 6.58. The quantitative estimate of drug-likeness (QED) is 0.218. The molecule has 0 saturated carbocycles. The molecule has 2 amide bonds. The van der Waals surface area contributed by atoms with Crippen molar-refractivity contribution in [1.29, 1.82) is 0 Å². The van der Waals surface area contributed by atoms with E-state index in [-0.39, 0.29) is 23.8 Å². The predicted molar refractivity (Wildman–Crippen MR) is 159 cm³/mol. The molecule has 5 rings (SSSR count). The number of carbonyl (C=O) groups excluding carboxylic acids is 2. The molecular weight excluding hydrogens is 553 g/mol. The highest BCUT2D eigenvalue weighted by Gasteiger charge is 2.30. The van der Waals surface area contributed by atoms with Gasteiger partial charge in [0.1, 0.15) is 0 Å². The van der Waals surface area contributed by atoms with Crippen LogP contribution in [-0.4, -0.2) is 27.9 Å². The first-order chi connectivity index (χ1) is 20.7. The van der Waals surface area contributed by atoms with Gasteiger partial charge < -0.3 is 15.2 Å². The Bertz CT molecular complexity index is 1820. The molecule has 214 valence electrons. The van der Waals surface area contributed by atoms with Crippen molar-refractivity contribution in [3.8, 4) is 34.1 Å². The van der Waals surface area contributed by atoms with Crippen molar-refractivity contribution in [1.82, 2.24) is 14.9 Å². The molecule has 0 atom stereocenters. The molecule has 9 heteroatoms. The third-order valence-corrected chi connectivity index (χ3v) is 6.58. The first kappa shape index (κ1) is 28.9. The fraction of sp³-hybridized carbons (Fsp3) is 0.0882. The molecule has 43 heavy (non-hydrogen) atoms. The standard InChI is InChI=1S/C34H25F3N4O2/c1-41-22-30(40-32(42)29-12-6-5-11-28(29)26-17-19-27(20-18-26)34(35,36)37)39-31(41)33(43)38-21-7-8-23-13-15-25(16-14-23)24-9-3-2-4-10-24/h2-6,9-20,22H,21H2,1H3,(H,38,43)(H,40,42). The maximum Gasteiger partial charge on any atom is 0.416 e. The second-order valence-corrected chi connectivity index (χ2v) is 9.56. The van der Waals surface area contributed by atoms with Crippen molar-refractivity contribution < 1.29 is 22.8 Å². The maximum absolute atomic E-state index is 13.1. The zero-order chi connectivity index (χ0) is 30.4. The van der Waals surface area contributed by atoms with Gasteiger partial charge in [0.15, 0.2) is 5.82 Å². The number of nitrogens with zero attached hydrogens (tertiary/aromatic N) is 2. The number of amides is 2. The lowest BCUT2D eigenvalue weighted by Crippen LogP contribution is -2.26. The second-order valence-electron chi connectivity index (χ2n) is 9.56. The molecule has 0 aliphatic carbocycles. The smallest absolute Gasteiger partial charge is 0.338 e. The Morgan fingerprint density at radius 2 is 1.42 bits per heavy atom. The first-order valence-corrected chi connectivity index (χ1v) is 13.2. The van der Waals surface area contributed by atoms with Crippen molar-refractivity contribution in [3.63, 3.8) is 0 Å². The molecule has 5 aromatic rings. The minimum atomic E-state index is -4.46. The number of hydrogen-bond donors (Lipinski definition) is 2. The van der Waals surface area contributed by atoms with Gasteiger partial charge in [-0.2, -0.15) is 13.2 Å². The van der Waals surface area contributed by atoms with Gasteiger partial charge in [0.05, 0.1) is 12.1 Å². The number of carbonyl (C=O) groups is 2.